The van der Waals surface area contributed by atoms with Crippen molar-refractivity contribution in [2.45, 2.75) is 20.8 Å². The Morgan fingerprint density at radius 1 is 0.900 bits per heavy atom. The molecule has 0 aliphatic rings. The monoisotopic (exact) mass is 288 g/mol. The fourth-order valence-electron chi connectivity index (χ4n) is 1.87. The lowest BCUT2D eigenvalue weighted by atomic mass is 10.1. The molecule has 2 aromatic rings. The molecule has 0 saturated carbocycles. The van der Waals surface area contributed by atoms with Crippen LogP contribution in [0.15, 0.2) is 36.4 Å². The van der Waals surface area contributed by atoms with Crippen LogP contribution in [0.1, 0.15) is 16.7 Å². The number of aryl methyl sites for hydroxylation is 3. The molecule has 20 heavy (non-hydrogen) atoms. The molecular formula is C16H17FN2S. The number of rotatable bonds is 2. The molecule has 2 nitrogen and oxygen atoms in total. The van der Waals surface area contributed by atoms with Gasteiger partial charge < -0.3 is 10.6 Å². The molecule has 0 aromatic heterocycles. The van der Waals surface area contributed by atoms with Crippen LogP contribution in [-0.4, -0.2) is 5.11 Å². The largest absolute Gasteiger partial charge is 0.332 e. The van der Waals surface area contributed by atoms with E-state index in [1.807, 2.05) is 25.1 Å². The first-order valence-electron chi connectivity index (χ1n) is 6.37. The molecule has 0 aliphatic heterocycles. The third-order valence-electron chi connectivity index (χ3n) is 3.20. The molecule has 0 aliphatic carbocycles. The van der Waals surface area contributed by atoms with Crippen LogP contribution in [0, 0.1) is 26.6 Å². The number of nitrogens with one attached hydrogen (secondary N) is 2. The van der Waals surface area contributed by atoms with Gasteiger partial charge in [-0.25, -0.2) is 4.39 Å². The van der Waals surface area contributed by atoms with Crippen molar-refractivity contribution < 1.29 is 4.39 Å². The second kappa shape index (κ2) is 6.01. The van der Waals surface area contributed by atoms with Gasteiger partial charge in [-0.1, -0.05) is 6.07 Å². The molecule has 0 spiro atoms. The summed E-state index contributed by atoms with van der Waals surface area (Å²) >= 11 is 5.27. The first-order valence-corrected chi connectivity index (χ1v) is 6.78. The zero-order valence-corrected chi connectivity index (χ0v) is 12.6. The number of hydrogen-bond donors (Lipinski definition) is 2. The highest BCUT2D eigenvalue weighted by Gasteiger charge is 2.03. The van der Waals surface area contributed by atoms with E-state index in [-0.39, 0.29) is 5.82 Å². The highest BCUT2D eigenvalue weighted by Crippen LogP contribution is 2.17. The van der Waals surface area contributed by atoms with E-state index in [1.54, 1.807) is 6.07 Å². The van der Waals surface area contributed by atoms with Gasteiger partial charge in [0, 0.05) is 11.4 Å². The summed E-state index contributed by atoms with van der Waals surface area (Å²) in [5.74, 6) is -0.249. The van der Waals surface area contributed by atoms with E-state index in [0.29, 0.717) is 5.11 Å². The van der Waals surface area contributed by atoms with Crippen molar-refractivity contribution >= 4 is 28.7 Å². The zero-order valence-electron chi connectivity index (χ0n) is 11.8. The number of anilines is 2. The van der Waals surface area contributed by atoms with E-state index in [1.165, 1.54) is 23.3 Å². The number of benzene rings is 2. The smallest absolute Gasteiger partial charge is 0.175 e. The second-order valence-corrected chi connectivity index (χ2v) is 5.25. The zero-order chi connectivity index (χ0) is 14.7. The van der Waals surface area contributed by atoms with Crippen LogP contribution >= 0.6 is 12.2 Å². The number of hydrogen-bond acceptors (Lipinski definition) is 1. The molecule has 2 rings (SSSR count). The topological polar surface area (TPSA) is 24.1 Å². The highest BCUT2D eigenvalue weighted by atomic mass is 32.1. The van der Waals surface area contributed by atoms with Crippen molar-refractivity contribution in [1.29, 1.82) is 0 Å². The molecule has 0 heterocycles. The molecule has 0 bridgehead atoms. The normalized spacial score (nSPS) is 10.2. The van der Waals surface area contributed by atoms with Crippen LogP contribution in [-0.2, 0) is 0 Å². The van der Waals surface area contributed by atoms with Crippen molar-refractivity contribution in [3.05, 3.63) is 58.9 Å². The summed E-state index contributed by atoms with van der Waals surface area (Å²) in [5.41, 5.74) is 4.99. The average Bonchev–Trinajstić information content (AvgIpc) is 2.37. The van der Waals surface area contributed by atoms with Crippen LogP contribution in [0.2, 0.25) is 0 Å². The maximum absolute atomic E-state index is 13.0. The van der Waals surface area contributed by atoms with Gasteiger partial charge in [0.1, 0.15) is 5.82 Å². The molecule has 0 atom stereocenters. The van der Waals surface area contributed by atoms with E-state index in [2.05, 4.69) is 24.5 Å². The van der Waals surface area contributed by atoms with Crippen LogP contribution in [0.5, 0.6) is 0 Å². The van der Waals surface area contributed by atoms with Gasteiger partial charge >= 0.3 is 0 Å². The molecule has 2 aromatic carbocycles. The van der Waals surface area contributed by atoms with Gasteiger partial charge in [-0.15, -0.1) is 0 Å². The lowest BCUT2D eigenvalue weighted by molar-refractivity contribution is 0.627. The summed E-state index contributed by atoms with van der Waals surface area (Å²) in [6, 6.07) is 10.6. The van der Waals surface area contributed by atoms with Gasteiger partial charge in [0.25, 0.3) is 0 Å². The molecule has 0 saturated heterocycles. The third-order valence-corrected chi connectivity index (χ3v) is 3.41. The summed E-state index contributed by atoms with van der Waals surface area (Å²) in [6.07, 6.45) is 0. The molecule has 104 valence electrons. The molecular weight excluding hydrogens is 271 g/mol. The quantitative estimate of drug-likeness (QED) is 0.792. The number of thiocarbonyl (C=S) groups is 1. The Kier molecular flexibility index (Phi) is 4.35. The Bertz CT molecular complexity index is 653. The first kappa shape index (κ1) is 14.5. The van der Waals surface area contributed by atoms with Crippen LogP contribution in [0.3, 0.4) is 0 Å². The molecule has 2 N–H and O–H groups in total. The summed E-state index contributed by atoms with van der Waals surface area (Å²) in [7, 11) is 0. The van der Waals surface area contributed by atoms with Crippen LogP contribution in [0.4, 0.5) is 15.8 Å². The Morgan fingerprint density at radius 3 is 2.30 bits per heavy atom. The van der Waals surface area contributed by atoms with Gasteiger partial charge in [0.15, 0.2) is 5.11 Å². The second-order valence-electron chi connectivity index (χ2n) is 4.84. The lowest BCUT2D eigenvalue weighted by Crippen LogP contribution is -2.19. The standard InChI is InChI=1S/C16H17FN2S/c1-10-4-6-14(9-11(10)2)18-16(20)19-15-7-5-13(17)8-12(15)3/h4-9H,1-3H3,(H2,18,19,20). The highest BCUT2D eigenvalue weighted by molar-refractivity contribution is 7.80. The predicted octanol–water partition coefficient (Wildman–Crippen LogP) is 4.56. The summed E-state index contributed by atoms with van der Waals surface area (Å²) < 4.78 is 13.0. The fourth-order valence-corrected chi connectivity index (χ4v) is 2.10. The molecule has 0 amide bonds. The number of halogens is 1. The van der Waals surface area contributed by atoms with Crippen LogP contribution in [0.25, 0.3) is 0 Å². The summed E-state index contributed by atoms with van der Waals surface area (Å²) in [6.45, 7) is 5.96. The van der Waals surface area contributed by atoms with Crippen LogP contribution < -0.4 is 10.6 Å². The van der Waals surface area contributed by atoms with E-state index >= 15 is 0 Å². The van der Waals surface area contributed by atoms with Crippen molar-refractivity contribution in [2.75, 3.05) is 10.6 Å². The minimum Gasteiger partial charge on any atom is -0.332 e. The van der Waals surface area contributed by atoms with E-state index in [0.717, 1.165) is 16.9 Å². The van der Waals surface area contributed by atoms with Gasteiger partial charge in [0.05, 0.1) is 0 Å². The summed E-state index contributed by atoms with van der Waals surface area (Å²) in [4.78, 5) is 0. The Morgan fingerprint density at radius 2 is 1.65 bits per heavy atom. The molecule has 0 unspecified atom stereocenters. The Labute approximate surface area is 124 Å². The minimum atomic E-state index is -0.249. The predicted molar refractivity (Wildman–Crippen MR) is 86.9 cm³/mol. The molecule has 0 radical (unpaired) electrons. The average molecular weight is 288 g/mol. The Hall–Kier alpha value is -1.94. The van der Waals surface area contributed by atoms with E-state index < -0.39 is 0 Å². The lowest BCUT2D eigenvalue weighted by Gasteiger charge is -2.13. The Balaban J connectivity index is 2.07. The maximum Gasteiger partial charge on any atom is 0.175 e. The minimum absolute atomic E-state index is 0.249. The maximum atomic E-state index is 13.0. The fraction of sp³-hybridized carbons (Fsp3) is 0.188. The van der Waals surface area contributed by atoms with E-state index in [4.69, 9.17) is 12.2 Å². The SMILES string of the molecule is Cc1ccc(NC(=S)Nc2ccc(F)cc2C)cc1C. The van der Waals surface area contributed by atoms with Gasteiger partial charge in [-0.05, 0) is 80.0 Å². The third kappa shape index (κ3) is 3.54. The van der Waals surface area contributed by atoms with Gasteiger partial charge in [0.2, 0.25) is 0 Å². The molecule has 0 fully saturated rings. The van der Waals surface area contributed by atoms with Crippen molar-refractivity contribution in [3.8, 4) is 0 Å². The van der Waals surface area contributed by atoms with Gasteiger partial charge in [-0.3, -0.25) is 0 Å². The van der Waals surface area contributed by atoms with Crippen molar-refractivity contribution in [1.82, 2.24) is 0 Å². The molecule has 4 heteroatoms. The summed E-state index contributed by atoms with van der Waals surface area (Å²) in [5, 5.41) is 6.69. The first-order chi connectivity index (χ1) is 9.45. The van der Waals surface area contributed by atoms with Crippen molar-refractivity contribution in [3.63, 3.8) is 0 Å². The van der Waals surface area contributed by atoms with E-state index in [9.17, 15) is 4.39 Å². The van der Waals surface area contributed by atoms with Crippen molar-refractivity contribution in [2.24, 2.45) is 0 Å². The van der Waals surface area contributed by atoms with Gasteiger partial charge in [-0.2, -0.15) is 0 Å².